The molecular formula is C29H45IN2O7. The number of likely N-dealkylation sites (N-methyl/N-ethyl adjacent to an activating group) is 1. The molecule has 1 aromatic rings. The molecule has 10 heteroatoms. The van der Waals surface area contributed by atoms with Gasteiger partial charge in [-0.15, -0.1) is 10.1 Å². The zero-order valence-corrected chi connectivity index (χ0v) is 26.6. The van der Waals surface area contributed by atoms with E-state index >= 15 is 0 Å². The van der Waals surface area contributed by atoms with Crippen molar-refractivity contribution in [3.63, 3.8) is 0 Å². The number of ketones is 1. The topological polar surface area (TPSA) is 116 Å². The third-order valence-corrected chi connectivity index (χ3v) is 8.63. The average Bonchev–Trinajstić information content (AvgIpc) is 2.75. The highest BCUT2D eigenvalue weighted by molar-refractivity contribution is 5.86. The van der Waals surface area contributed by atoms with E-state index < -0.39 is 5.09 Å². The molecule has 3 saturated carbocycles. The molecule has 4 rings (SSSR count). The number of carbonyl (C=O) groups excluding carboxylic acids is 2. The Morgan fingerprint density at radius 1 is 1.18 bits per heavy atom. The van der Waals surface area contributed by atoms with Crippen LogP contribution >= 0.6 is 0 Å². The summed E-state index contributed by atoms with van der Waals surface area (Å²) in [7, 11) is 5.75. The Balaban J connectivity index is 0.00000533. The van der Waals surface area contributed by atoms with Crippen LogP contribution in [-0.2, 0) is 19.8 Å². The number of benzene rings is 1. The molecule has 0 aromatic heterocycles. The molecule has 0 heterocycles. The van der Waals surface area contributed by atoms with E-state index in [9.17, 15) is 24.8 Å². The molecule has 0 saturated heterocycles. The van der Waals surface area contributed by atoms with Gasteiger partial charge in [-0.05, 0) is 53.7 Å². The number of fused-ring (bicyclic) bond motifs is 2. The first-order valence-electron chi connectivity index (χ1n) is 13.7. The molecule has 3 aliphatic carbocycles. The summed E-state index contributed by atoms with van der Waals surface area (Å²) in [4.78, 5) is 40.5. The van der Waals surface area contributed by atoms with E-state index in [1.807, 2.05) is 27.2 Å². The molecule has 1 N–H and O–H groups in total. The van der Waals surface area contributed by atoms with Crippen LogP contribution in [0.2, 0.25) is 0 Å². The predicted molar refractivity (Wildman–Crippen MR) is 143 cm³/mol. The molecule has 0 unspecified atom stereocenters. The van der Waals surface area contributed by atoms with Gasteiger partial charge in [-0.2, -0.15) is 0 Å². The van der Waals surface area contributed by atoms with Crippen LogP contribution < -0.4 is 28.7 Å². The smallest absolute Gasteiger partial charge is 0.367 e. The maximum Gasteiger partial charge on any atom is 0.367 e. The highest BCUT2D eigenvalue weighted by Crippen LogP contribution is 2.64. The molecule has 3 aliphatic rings. The maximum absolute atomic E-state index is 12.9. The number of hydrogen-bond acceptors (Lipinski definition) is 7. The fourth-order valence-electron chi connectivity index (χ4n) is 6.30. The number of phenols is 1. The first-order chi connectivity index (χ1) is 17.5. The number of nitrogens with zero attached hydrogens (tertiary/aromatic N) is 2. The number of unbranched alkanes of at least 4 members (excludes halogenated alkanes) is 3. The van der Waals surface area contributed by atoms with E-state index in [1.165, 1.54) is 0 Å². The zero-order chi connectivity index (χ0) is 28.5. The van der Waals surface area contributed by atoms with Gasteiger partial charge in [0.25, 0.3) is 5.09 Å². The van der Waals surface area contributed by atoms with Gasteiger partial charge in [0.05, 0.1) is 27.7 Å². The van der Waals surface area contributed by atoms with Crippen LogP contribution in [0.1, 0.15) is 89.7 Å². The zero-order valence-electron chi connectivity index (χ0n) is 24.4. The number of quaternary nitrogens is 1. The van der Waals surface area contributed by atoms with Crippen molar-refractivity contribution >= 4 is 11.8 Å². The second kappa shape index (κ2) is 12.7. The van der Waals surface area contributed by atoms with Crippen molar-refractivity contribution in [3.8, 4) is 11.5 Å². The lowest BCUT2D eigenvalue weighted by Crippen LogP contribution is -3.00. The van der Waals surface area contributed by atoms with Gasteiger partial charge in [0.15, 0.2) is 6.54 Å². The summed E-state index contributed by atoms with van der Waals surface area (Å²) in [5.74, 6) is 0.413. The molecule has 220 valence electrons. The number of ether oxygens (including phenoxy) is 1. The van der Waals surface area contributed by atoms with Crippen LogP contribution in [0, 0.1) is 27.4 Å². The van der Waals surface area contributed by atoms with E-state index in [4.69, 9.17) is 4.74 Å². The highest BCUT2D eigenvalue weighted by atomic mass is 127. The van der Waals surface area contributed by atoms with Crippen molar-refractivity contribution in [2.24, 2.45) is 17.3 Å². The van der Waals surface area contributed by atoms with Crippen LogP contribution in [0.5, 0.6) is 11.5 Å². The van der Waals surface area contributed by atoms with Gasteiger partial charge in [0.1, 0.15) is 17.3 Å². The van der Waals surface area contributed by atoms with Crippen LogP contribution in [0.3, 0.4) is 0 Å². The SMILES string of the molecule is CC(C)(CCCCCCO[N+](=O)[O-])c1cc(O)c([C@H]2CC(=O)[C@H]3C[C@H]2C3(C)C)c(OC(=O)C[N+](C)(C)C)c1.[I-]. The van der Waals surface area contributed by atoms with E-state index in [-0.39, 0.29) is 83.2 Å². The quantitative estimate of drug-likeness (QED) is 0.0656. The number of rotatable bonds is 13. The number of hydrogen-bond donors (Lipinski definition) is 1. The summed E-state index contributed by atoms with van der Waals surface area (Å²) in [6.45, 7) is 8.72. The lowest BCUT2D eigenvalue weighted by molar-refractivity contribution is -0.862. The van der Waals surface area contributed by atoms with Gasteiger partial charge >= 0.3 is 5.97 Å². The van der Waals surface area contributed by atoms with Crippen molar-refractivity contribution in [1.82, 2.24) is 0 Å². The van der Waals surface area contributed by atoms with Crippen LogP contribution in [0.15, 0.2) is 12.1 Å². The Morgan fingerprint density at radius 2 is 1.82 bits per heavy atom. The minimum Gasteiger partial charge on any atom is -1.00 e. The fourth-order valence-corrected chi connectivity index (χ4v) is 6.30. The molecular weight excluding hydrogens is 615 g/mol. The van der Waals surface area contributed by atoms with Gasteiger partial charge < -0.3 is 43.1 Å². The number of Topliss-reactive ketones (excluding diaryl/α,β-unsaturated/α-hetero) is 1. The molecule has 0 spiro atoms. The number of carbonyl (C=O) groups is 2. The second-order valence-electron chi connectivity index (χ2n) is 13.4. The van der Waals surface area contributed by atoms with E-state index in [0.717, 1.165) is 37.7 Å². The van der Waals surface area contributed by atoms with Gasteiger partial charge in [0, 0.05) is 23.8 Å². The number of phenolic OH excluding ortho intramolecular Hbond substituents is 1. The van der Waals surface area contributed by atoms with Gasteiger partial charge in [0.2, 0.25) is 0 Å². The molecule has 0 aliphatic heterocycles. The lowest BCUT2D eigenvalue weighted by atomic mass is 9.44. The summed E-state index contributed by atoms with van der Waals surface area (Å²) >= 11 is 0. The van der Waals surface area contributed by atoms with E-state index in [0.29, 0.717) is 28.6 Å². The number of halogens is 1. The molecule has 2 bridgehead atoms. The van der Waals surface area contributed by atoms with Crippen molar-refractivity contribution in [2.45, 2.75) is 84.0 Å². The normalized spacial score (nSPS) is 21.9. The third-order valence-electron chi connectivity index (χ3n) is 8.63. The Labute approximate surface area is 249 Å². The summed E-state index contributed by atoms with van der Waals surface area (Å²) in [5.41, 5.74) is 1.00. The maximum atomic E-state index is 12.9. The first kappa shape index (κ1) is 33.3. The summed E-state index contributed by atoms with van der Waals surface area (Å²) in [6, 6.07) is 3.66. The second-order valence-corrected chi connectivity index (χ2v) is 13.4. The molecule has 3 atom stereocenters. The molecule has 39 heavy (non-hydrogen) atoms. The predicted octanol–water partition coefficient (Wildman–Crippen LogP) is 2.16. The Morgan fingerprint density at radius 3 is 2.38 bits per heavy atom. The van der Waals surface area contributed by atoms with Crippen LogP contribution in [-0.4, -0.2) is 60.7 Å². The third kappa shape index (κ3) is 8.05. The Kier molecular flexibility index (Phi) is 10.8. The standard InChI is InChI=1S/C29H44N2O7.HI/c1-28(2,12-10-8-9-11-13-37-30(35)36)19-14-24(33)27(25(15-19)38-26(34)18-31(5,6)7)20-16-23(32)22-17-21(20)29(22,3)4;/h14-15,20-22H,8-13,16-18H2,1-7H3;1H/t20-,21+,22+;/m0./s1. The highest BCUT2D eigenvalue weighted by Gasteiger charge is 2.59. The van der Waals surface area contributed by atoms with Crippen LogP contribution in [0.4, 0.5) is 0 Å². The van der Waals surface area contributed by atoms with Crippen molar-refractivity contribution in [3.05, 3.63) is 33.4 Å². The Hall–Kier alpha value is -1.95. The van der Waals surface area contributed by atoms with Gasteiger partial charge in [-0.1, -0.05) is 47.0 Å². The van der Waals surface area contributed by atoms with Gasteiger partial charge in [-0.3, -0.25) is 4.79 Å². The van der Waals surface area contributed by atoms with Crippen molar-refractivity contribution in [2.75, 3.05) is 34.3 Å². The van der Waals surface area contributed by atoms with E-state index in [2.05, 4.69) is 32.5 Å². The average molecular weight is 661 g/mol. The minimum atomic E-state index is -0.766. The van der Waals surface area contributed by atoms with E-state index in [1.54, 1.807) is 6.07 Å². The fraction of sp³-hybridized carbons (Fsp3) is 0.724. The number of esters is 1. The van der Waals surface area contributed by atoms with Gasteiger partial charge in [-0.25, -0.2) is 4.79 Å². The molecule has 1 aromatic carbocycles. The number of aromatic hydroxyl groups is 1. The van der Waals surface area contributed by atoms with Crippen LogP contribution in [0.25, 0.3) is 0 Å². The monoisotopic (exact) mass is 660 g/mol. The minimum absolute atomic E-state index is 0. The summed E-state index contributed by atoms with van der Waals surface area (Å²) in [5, 5.41) is 20.9. The lowest BCUT2D eigenvalue weighted by Gasteiger charge is -2.59. The molecule has 0 radical (unpaired) electrons. The summed E-state index contributed by atoms with van der Waals surface area (Å²) < 4.78 is 6.37. The molecule has 3 fully saturated rings. The van der Waals surface area contributed by atoms with Crippen molar-refractivity contribution < 1.29 is 57.8 Å². The van der Waals surface area contributed by atoms with Crippen molar-refractivity contribution in [1.29, 1.82) is 0 Å². The molecule has 9 nitrogen and oxygen atoms in total. The summed E-state index contributed by atoms with van der Waals surface area (Å²) in [6.07, 6.45) is 5.25. The Bertz CT molecular complexity index is 1060. The molecule has 0 amide bonds. The first-order valence-corrected chi connectivity index (χ1v) is 13.7. The largest absolute Gasteiger partial charge is 1.00 e.